The van der Waals surface area contributed by atoms with Crippen LogP contribution in [0.15, 0.2) is 35.5 Å². The average molecular weight is 456 g/mol. The van der Waals surface area contributed by atoms with Gasteiger partial charge in [0.05, 0.1) is 12.0 Å². The number of allylic oxidation sites excluding steroid dienone is 4. The number of carboxylic acids is 2. The predicted molar refractivity (Wildman–Crippen MR) is 99.3 cm³/mol. The highest BCUT2D eigenvalue weighted by Gasteiger charge is 2.69. The highest BCUT2D eigenvalue weighted by Crippen LogP contribution is 2.72. The Kier molecular flexibility index (Phi) is 3.43. The van der Waals surface area contributed by atoms with Gasteiger partial charge in [-0.25, -0.2) is 0 Å². The van der Waals surface area contributed by atoms with Crippen LogP contribution < -0.4 is 0 Å². The molecule has 25 heavy (non-hydrogen) atoms. The third-order valence-electron chi connectivity index (χ3n) is 7.19. The second-order valence-corrected chi connectivity index (χ2v) is 10.3. The van der Waals surface area contributed by atoms with Crippen molar-refractivity contribution in [1.82, 2.24) is 0 Å². The van der Waals surface area contributed by atoms with Crippen molar-refractivity contribution in [3.8, 4) is 0 Å². The van der Waals surface area contributed by atoms with E-state index >= 15 is 0 Å². The van der Waals surface area contributed by atoms with E-state index in [0.717, 1.165) is 29.6 Å². The summed E-state index contributed by atoms with van der Waals surface area (Å²) in [5, 5.41) is 30.5. The summed E-state index contributed by atoms with van der Waals surface area (Å²) in [5.41, 5.74) is 0.884. The molecule has 0 amide bonds. The Balaban J connectivity index is 1.98. The van der Waals surface area contributed by atoms with Gasteiger partial charge in [0.2, 0.25) is 0 Å². The van der Waals surface area contributed by atoms with Gasteiger partial charge in [-0.3, -0.25) is 9.59 Å². The predicted octanol–water partition coefficient (Wildman–Crippen LogP) is 2.94. The molecule has 0 aliphatic heterocycles. The molecule has 1 spiro atoms. The third-order valence-corrected chi connectivity index (χ3v) is 8.87. The van der Waals surface area contributed by atoms with Crippen molar-refractivity contribution in [2.75, 3.05) is 0 Å². The summed E-state index contributed by atoms with van der Waals surface area (Å²) in [5.74, 6) is -3.68. The van der Waals surface area contributed by atoms with E-state index in [4.69, 9.17) is 0 Å². The summed E-state index contributed by atoms with van der Waals surface area (Å²) >= 11 is 2.41. The monoisotopic (exact) mass is 456 g/mol. The van der Waals surface area contributed by atoms with E-state index in [0.29, 0.717) is 12.8 Å². The number of carboxylic acid groups (broad SMARTS) is 2. The van der Waals surface area contributed by atoms with Crippen LogP contribution in [0.1, 0.15) is 32.6 Å². The van der Waals surface area contributed by atoms with Crippen LogP contribution in [0, 0.1) is 22.7 Å². The van der Waals surface area contributed by atoms with Crippen molar-refractivity contribution in [2.24, 2.45) is 22.7 Å². The first-order chi connectivity index (χ1) is 11.6. The number of alkyl halides is 1. The minimum atomic E-state index is -1.54. The van der Waals surface area contributed by atoms with Gasteiger partial charge in [-0.15, -0.1) is 0 Å². The van der Waals surface area contributed by atoms with E-state index < -0.39 is 40.7 Å². The zero-order valence-corrected chi connectivity index (χ0v) is 16.1. The van der Waals surface area contributed by atoms with Crippen LogP contribution in [0.25, 0.3) is 0 Å². The maximum absolute atomic E-state index is 12.4. The molecule has 3 N–H and O–H groups in total. The van der Waals surface area contributed by atoms with Crippen molar-refractivity contribution in [2.45, 2.75) is 42.1 Å². The molecule has 2 unspecified atom stereocenters. The zero-order chi connectivity index (χ0) is 18.4. The number of aliphatic carboxylic acids is 2. The molecule has 0 aromatic carbocycles. The van der Waals surface area contributed by atoms with Gasteiger partial charge < -0.3 is 15.3 Å². The van der Waals surface area contributed by atoms with E-state index in [1.54, 1.807) is 6.08 Å². The van der Waals surface area contributed by atoms with Gasteiger partial charge >= 0.3 is 11.9 Å². The largest absolute Gasteiger partial charge is 0.481 e. The molecule has 2 bridgehead atoms. The molecule has 0 heterocycles. The molecule has 4 rings (SSSR count). The molecule has 5 nitrogen and oxygen atoms in total. The van der Waals surface area contributed by atoms with Gasteiger partial charge in [-0.1, -0.05) is 52.5 Å². The molecular formula is C19H21IO5. The second kappa shape index (κ2) is 4.97. The van der Waals surface area contributed by atoms with Gasteiger partial charge in [-0.2, -0.15) is 0 Å². The number of hydrogen-bond acceptors (Lipinski definition) is 3. The summed E-state index contributed by atoms with van der Waals surface area (Å²) in [6.07, 6.45) is 5.07. The number of carbonyl (C=O) groups is 2. The minimum absolute atomic E-state index is 0.106. The molecule has 0 radical (unpaired) electrons. The van der Waals surface area contributed by atoms with Crippen LogP contribution in [0.2, 0.25) is 0 Å². The Morgan fingerprint density at radius 3 is 2.64 bits per heavy atom. The van der Waals surface area contributed by atoms with Crippen LogP contribution >= 0.6 is 22.6 Å². The molecule has 0 saturated heterocycles. The normalized spacial score (nSPS) is 47.6. The van der Waals surface area contributed by atoms with Gasteiger partial charge in [0.25, 0.3) is 0 Å². The topological polar surface area (TPSA) is 94.8 Å². The Labute approximate surface area is 159 Å². The summed E-state index contributed by atoms with van der Waals surface area (Å²) in [4.78, 5) is 24.5. The van der Waals surface area contributed by atoms with Crippen molar-refractivity contribution in [3.63, 3.8) is 0 Å². The van der Waals surface area contributed by atoms with E-state index in [9.17, 15) is 24.9 Å². The zero-order valence-electron chi connectivity index (χ0n) is 14.0. The Hall–Kier alpha value is -1.15. The molecule has 4 aliphatic carbocycles. The lowest BCUT2D eigenvalue weighted by molar-refractivity contribution is -0.164. The fraction of sp³-hybridized carbons (Fsp3) is 0.579. The molecule has 6 heteroatoms. The average Bonchev–Trinajstić information content (AvgIpc) is 2.90. The fourth-order valence-corrected chi connectivity index (χ4v) is 7.03. The standard InChI is InChI=1S/C19H21IO5/c1-9-7-18-8-19(9,20)6-5-11(18)10-3-4-12(21)17(2,16(24)25)13(10)14(18)15(22)23/h3-4,12-14,21H,1,5-8H2,2H3,(H,22,23)(H,24,25)/t12-,13+,14?,17+,18-,19?/m0/s1. The summed E-state index contributed by atoms with van der Waals surface area (Å²) in [6, 6.07) is 0. The fourth-order valence-electron chi connectivity index (χ4n) is 5.89. The Bertz CT molecular complexity index is 783. The summed E-state index contributed by atoms with van der Waals surface area (Å²) in [7, 11) is 0. The quantitative estimate of drug-likeness (QED) is 0.338. The van der Waals surface area contributed by atoms with Crippen molar-refractivity contribution < 1.29 is 24.9 Å². The minimum Gasteiger partial charge on any atom is -0.481 e. The molecule has 4 aliphatic rings. The number of halogens is 1. The van der Waals surface area contributed by atoms with Gasteiger partial charge in [0, 0.05) is 14.8 Å². The number of aliphatic hydroxyl groups is 1. The smallest absolute Gasteiger partial charge is 0.312 e. The number of fused-ring (bicyclic) bond motifs is 2. The van der Waals surface area contributed by atoms with Crippen molar-refractivity contribution >= 4 is 34.5 Å². The summed E-state index contributed by atoms with van der Waals surface area (Å²) < 4.78 is -0.106. The highest BCUT2D eigenvalue weighted by molar-refractivity contribution is 14.1. The Morgan fingerprint density at radius 2 is 2.04 bits per heavy atom. The van der Waals surface area contributed by atoms with Crippen LogP contribution in [0.3, 0.4) is 0 Å². The first-order valence-electron chi connectivity index (χ1n) is 8.51. The molecule has 2 saturated carbocycles. The lowest BCUT2D eigenvalue weighted by Gasteiger charge is -2.43. The molecule has 0 aromatic rings. The molecule has 0 aromatic heterocycles. The SMILES string of the molecule is C=C1C[C@]23CC1(I)CCC2=C1C=C[C@H](O)[C@@](C)(C(=O)O)[C@H]1C3C(=O)O. The van der Waals surface area contributed by atoms with Crippen molar-refractivity contribution in [1.29, 1.82) is 0 Å². The van der Waals surface area contributed by atoms with Crippen LogP contribution in [-0.4, -0.2) is 36.8 Å². The van der Waals surface area contributed by atoms with Crippen LogP contribution in [0.4, 0.5) is 0 Å². The van der Waals surface area contributed by atoms with Gasteiger partial charge in [0.1, 0.15) is 5.41 Å². The van der Waals surface area contributed by atoms with Crippen LogP contribution in [-0.2, 0) is 9.59 Å². The van der Waals surface area contributed by atoms with E-state index in [1.165, 1.54) is 13.0 Å². The second-order valence-electron chi connectivity index (χ2n) is 8.20. The van der Waals surface area contributed by atoms with Gasteiger partial charge in [0.15, 0.2) is 0 Å². The van der Waals surface area contributed by atoms with Gasteiger partial charge in [-0.05, 0) is 38.2 Å². The molecular weight excluding hydrogens is 435 g/mol. The highest BCUT2D eigenvalue weighted by atomic mass is 127. The first kappa shape index (κ1) is 17.3. The third kappa shape index (κ3) is 1.87. The Morgan fingerprint density at radius 1 is 1.36 bits per heavy atom. The lowest BCUT2D eigenvalue weighted by Crippen LogP contribution is -2.52. The molecule has 6 atom stereocenters. The number of aliphatic hydroxyl groups excluding tert-OH is 1. The molecule has 2 fully saturated rings. The summed E-state index contributed by atoms with van der Waals surface area (Å²) in [6.45, 7) is 5.70. The maximum atomic E-state index is 12.4. The number of rotatable bonds is 2. The van der Waals surface area contributed by atoms with E-state index in [-0.39, 0.29) is 3.42 Å². The number of hydrogen-bond donors (Lipinski definition) is 3. The van der Waals surface area contributed by atoms with Crippen LogP contribution in [0.5, 0.6) is 0 Å². The van der Waals surface area contributed by atoms with E-state index in [1.807, 2.05) is 0 Å². The molecule has 134 valence electrons. The lowest BCUT2D eigenvalue weighted by atomic mass is 9.59. The van der Waals surface area contributed by atoms with E-state index in [2.05, 4.69) is 29.2 Å². The maximum Gasteiger partial charge on any atom is 0.312 e. The van der Waals surface area contributed by atoms with Crippen molar-refractivity contribution in [3.05, 3.63) is 35.5 Å². The first-order valence-corrected chi connectivity index (χ1v) is 9.59.